The van der Waals surface area contributed by atoms with Gasteiger partial charge in [-0.15, -0.1) is 0 Å². The number of hydrogen-bond acceptors (Lipinski definition) is 3. The smallest absolute Gasteiger partial charge is 0.254 e. The summed E-state index contributed by atoms with van der Waals surface area (Å²) >= 11 is 0. The second-order valence-corrected chi connectivity index (χ2v) is 5.16. The summed E-state index contributed by atoms with van der Waals surface area (Å²) in [5.41, 5.74) is 2.19. The summed E-state index contributed by atoms with van der Waals surface area (Å²) in [4.78, 5) is 23.5. The fourth-order valence-corrected chi connectivity index (χ4v) is 2.03. The van der Waals surface area contributed by atoms with Crippen molar-refractivity contribution in [2.45, 2.75) is 19.4 Å². The second-order valence-electron chi connectivity index (χ2n) is 5.16. The average Bonchev–Trinajstić information content (AvgIpc) is 3.20. The predicted octanol–water partition coefficient (Wildman–Crippen LogP) is 2.56. The molecule has 5 nitrogen and oxygen atoms in total. The first-order chi connectivity index (χ1) is 10.2. The van der Waals surface area contributed by atoms with Crippen LogP contribution in [0.3, 0.4) is 0 Å². The standard InChI is InChI=1S/C16H16N2O3/c19-15(13-6-7-21-10-13)17-9-11-2-1-3-14(8-11)18-16(20)12-4-5-12/h1-3,6-8,10,12H,4-5,9H2,(H,17,19)(H,18,20). The Morgan fingerprint density at radius 3 is 2.81 bits per heavy atom. The van der Waals surface area contributed by atoms with E-state index < -0.39 is 0 Å². The lowest BCUT2D eigenvalue weighted by Crippen LogP contribution is -2.22. The van der Waals surface area contributed by atoms with Gasteiger partial charge in [0.15, 0.2) is 0 Å². The highest BCUT2D eigenvalue weighted by molar-refractivity contribution is 5.94. The van der Waals surface area contributed by atoms with E-state index in [4.69, 9.17) is 4.42 Å². The maximum Gasteiger partial charge on any atom is 0.254 e. The zero-order chi connectivity index (χ0) is 14.7. The summed E-state index contributed by atoms with van der Waals surface area (Å²) < 4.78 is 4.87. The Labute approximate surface area is 122 Å². The molecule has 1 aliphatic rings. The molecule has 21 heavy (non-hydrogen) atoms. The Balaban J connectivity index is 1.58. The lowest BCUT2D eigenvalue weighted by Gasteiger charge is -2.08. The number of carbonyl (C=O) groups excluding carboxylic acids is 2. The molecule has 0 atom stereocenters. The van der Waals surface area contributed by atoms with Crippen molar-refractivity contribution < 1.29 is 14.0 Å². The molecule has 1 aliphatic carbocycles. The molecular weight excluding hydrogens is 268 g/mol. The summed E-state index contributed by atoms with van der Waals surface area (Å²) in [7, 11) is 0. The molecule has 5 heteroatoms. The number of benzene rings is 1. The van der Waals surface area contributed by atoms with Crippen molar-refractivity contribution in [3.63, 3.8) is 0 Å². The fourth-order valence-electron chi connectivity index (χ4n) is 2.03. The molecule has 0 aliphatic heterocycles. The molecule has 1 saturated carbocycles. The van der Waals surface area contributed by atoms with Crippen LogP contribution in [0.2, 0.25) is 0 Å². The first-order valence-corrected chi connectivity index (χ1v) is 6.92. The normalized spacial score (nSPS) is 13.7. The average molecular weight is 284 g/mol. The molecule has 2 amide bonds. The van der Waals surface area contributed by atoms with Gasteiger partial charge in [0.2, 0.25) is 5.91 Å². The topological polar surface area (TPSA) is 71.3 Å². The third-order valence-electron chi connectivity index (χ3n) is 3.38. The van der Waals surface area contributed by atoms with Crippen LogP contribution in [-0.4, -0.2) is 11.8 Å². The van der Waals surface area contributed by atoms with Crippen molar-refractivity contribution in [3.8, 4) is 0 Å². The summed E-state index contributed by atoms with van der Waals surface area (Å²) in [5, 5.41) is 5.70. The van der Waals surface area contributed by atoms with Crippen molar-refractivity contribution in [2.24, 2.45) is 5.92 Å². The summed E-state index contributed by atoms with van der Waals surface area (Å²) in [5.74, 6) is 0.0696. The molecule has 0 radical (unpaired) electrons. The Morgan fingerprint density at radius 1 is 1.24 bits per heavy atom. The van der Waals surface area contributed by atoms with Gasteiger partial charge in [-0.1, -0.05) is 12.1 Å². The number of nitrogens with one attached hydrogen (secondary N) is 2. The van der Waals surface area contributed by atoms with Crippen LogP contribution in [0.5, 0.6) is 0 Å². The first-order valence-electron chi connectivity index (χ1n) is 6.92. The Bertz CT molecular complexity index is 645. The Kier molecular flexibility index (Phi) is 3.73. The van der Waals surface area contributed by atoms with Crippen LogP contribution >= 0.6 is 0 Å². The maximum absolute atomic E-state index is 11.8. The van der Waals surface area contributed by atoms with Gasteiger partial charge in [-0.2, -0.15) is 0 Å². The summed E-state index contributed by atoms with van der Waals surface area (Å²) in [6.45, 7) is 0.400. The molecule has 108 valence electrons. The highest BCUT2D eigenvalue weighted by Gasteiger charge is 2.29. The van der Waals surface area contributed by atoms with E-state index in [2.05, 4.69) is 10.6 Å². The van der Waals surface area contributed by atoms with Gasteiger partial charge >= 0.3 is 0 Å². The van der Waals surface area contributed by atoms with E-state index in [1.165, 1.54) is 12.5 Å². The highest BCUT2D eigenvalue weighted by atomic mass is 16.3. The van der Waals surface area contributed by atoms with E-state index in [1.807, 2.05) is 24.3 Å². The molecule has 2 N–H and O–H groups in total. The molecule has 0 bridgehead atoms. The van der Waals surface area contributed by atoms with Crippen molar-refractivity contribution in [3.05, 3.63) is 54.0 Å². The molecular formula is C16H16N2O3. The van der Waals surface area contributed by atoms with Crippen LogP contribution in [0, 0.1) is 5.92 Å². The van der Waals surface area contributed by atoms with Crippen LogP contribution in [0.4, 0.5) is 5.69 Å². The lowest BCUT2D eigenvalue weighted by atomic mass is 10.2. The highest BCUT2D eigenvalue weighted by Crippen LogP contribution is 2.30. The van der Waals surface area contributed by atoms with Gasteiger partial charge in [-0.3, -0.25) is 9.59 Å². The largest absolute Gasteiger partial charge is 0.472 e. The molecule has 1 fully saturated rings. The van der Waals surface area contributed by atoms with Crippen LogP contribution < -0.4 is 10.6 Å². The number of carbonyl (C=O) groups is 2. The van der Waals surface area contributed by atoms with Gasteiger partial charge in [-0.25, -0.2) is 0 Å². The third-order valence-corrected chi connectivity index (χ3v) is 3.38. The lowest BCUT2D eigenvalue weighted by molar-refractivity contribution is -0.117. The molecule has 1 aromatic heterocycles. The number of rotatable bonds is 5. The molecule has 1 aromatic carbocycles. The SMILES string of the molecule is O=C(NCc1cccc(NC(=O)C2CC2)c1)c1ccoc1. The third kappa shape index (κ3) is 3.51. The van der Waals surface area contributed by atoms with E-state index in [1.54, 1.807) is 6.07 Å². The van der Waals surface area contributed by atoms with Gasteiger partial charge in [0, 0.05) is 18.2 Å². The second kappa shape index (κ2) is 5.83. The first kappa shape index (κ1) is 13.4. The predicted molar refractivity (Wildman–Crippen MR) is 77.7 cm³/mol. The molecule has 0 unspecified atom stereocenters. The molecule has 2 aromatic rings. The van der Waals surface area contributed by atoms with Gasteiger partial charge in [0.25, 0.3) is 5.91 Å². The van der Waals surface area contributed by atoms with Gasteiger partial charge in [0.1, 0.15) is 6.26 Å². The van der Waals surface area contributed by atoms with Crippen LogP contribution in [0.25, 0.3) is 0 Å². The van der Waals surface area contributed by atoms with Gasteiger partial charge in [0.05, 0.1) is 11.8 Å². The van der Waals surface area contributed by atoms with Crippen LogP contribution in [-0.2, 0) is 11.3 Å². The summed E-state index contributed by atoms with van der Waals surface area (Å²) in [6, 6.07) is 9.10. The van der Waals surface area contributed by atoms with Gasteiger partial charge in [-0.05, 0) is 36.6 Å². The molecule has 0 saturated heterocycles. The van der Waals surface area contributed by atoms with E-state index in [-0.39, 0.29) is 17.7 Å². The minimum absolute atomic E-state index is 0.0783. The molecule has 3 rings (SSSR count). The number of anilines is 1. The zero-order valence-corrected chi connectivity index (χ0v) is 11.5. The monoisotopic (exact) mass is 284 g/mol. The number of hydrogen-bond donors (Lipinski definition) is 2. The number of amides is 2. The fraction of sp³-hybridized carbons (Fsp3) is 0.250. The molecule has 0 spiro atoms. The number of furan rings is 1. The van der Waals surface area contributed by atoms with E-state index >= 15 is 0 Å². The van der Waals surface area contributed by atoms with Crippen molar-refractivity contribution in [2.75, 3.05) is 5.32 Å². The summed E-state index contributed by atoms with van der Waals surface area (Å²) in [6.07, 6.45) is 4.82. The van der Waals surface area contributed by atoms with Crippen molar-refractivity contribution in [1.82, 2.24) is 5.32 Å². The van der Waals surface area contributed by atoms with Gasteiger partial charge < -0.3 is 15.1 Å². The Hall–Kier alpha value is -2.56. The maximum atomic E-state index is 11.8. The van der Waals surface area contributed by atoms with E-state index in [9.17, 15) is 9.59 Å². The quantitative estimate of drug-likeness (QED) is 0.886. The Morgan fingerprint density at radius 2 is 2.10 bits per heavy atom. The van der Waals surface area contributed by atoms with Crippen LogP contribution in [0.1, 0.15) is 28.8 Å². The van der Waals surface area contributed by atoms with E-state index in [0.29, 0.717) is 12.1 Å². The van der Waals surface area contributed by atoms with Crippen molar-refractivity contribution in [1.29, 1.82) is 0 Å². The zero-order valence-electron chi connectivity index (χ0n) is 11.5. The molecule has 1 heterocycles. The minimum atomic E-state index is -0.184. The van der Waals surface area contributed by atoms with Crippen LogP contribution in [0.15, 0.2) is 47.3 Å². The minimum Gasteiger partial charge on any atom is -0.472 e. The van der Waals surface area contributed by atoms with Crippen molar-refractivity contribution >= 4 is 17.5 Å². The van der Waals surface area contributed by atoms with E-state index in [0.717, 1.165) is 24.1 Å².